The quantitative estimate of drug-likeness (QED) is 0.500. The van der Waals surface area contributed by atoms with Crippen molar-refractivity contribution in [3.05, 3.63) is 70.0 Å². The van der Waals surface area contributed by atoms with Crippen LogP contribution in [0, 0.1) is 11.3 Å². The van der Waals surface area contributed by atoms with E-state index in [9.17, 15) is 4.79 Å². The van der Waals surface area contributed by atoms with Crippen LogP contribution in [-0.2, 0) is 17.0 Å². The van der Waals surface area contributed by atoms with Crippen LogP contribution in [0.25, 0.3) is 10.9 Å². The fourth-order valence-corrected chi connectivity index (χ4v) is 4.20. The van der Waals surface area contributed by atoms with Crippen LogP contribution in [0.2, 0.25) is 0 Å². The second kappa shape index (κ2) is 7.95. The highest BCUT2D eigenvalue weighted by atomic mass is 32.2. The number of ether oxygens (including phenoxy) is 1. The van der Waals surface area contributed by atoms with Gasteiger partial charge in [0.25, 0.3) is 5.56 Å². The molecule has 0 aliphatic carbocycles. The topological polar surface area (TPSA) is 67.9 Å². The molecule has 0 saturated carbocycles. The van der Waals surface area contributed by atoms with Crippen LogP contribution in [0.1, 0.15) is 24.0 Å². The van der Waals surface area contributed by atoms with Crippen LogP contribution in [0.4, 0.5) is 0 Å². The van der Waals surface area contributed by atoms with Gasteiger partial charge in [-0.1, -0.05) is 36.0 Å². The molecule has 1 aromatic heterocycles. The summed E-state index contributed by atoms with van der Waals surface area (Å²) in [6.07, 6.45) is 2.08. The normalized spacial score (nSPS) is 16.5. The highest BCUT2D eigenvalue weighted by Crippen LogP contribution is 2.24. The molecule has 0 N–H and O–H groups in total. The summed E-state index contributed by atoms with van der Waals surface area (Å²) in [7, 11) is 0. The molecule has 0 radical (unpaired) electrons. The Bertz CT molecular complexity index is 1050. The molecule has 5 nitrogen and oxygen atoms in total. The average molecular weight is 377 g/mol. The van der Waals surface area contributed by atoms with Crippen molar-refractivity contribution in [3.8, 4) is 6.07 Å². The molecule has 1 aliphatic heterocycles. The van der Waals surface area contributed by atoms with Crippen molar-refractivity contribution in [2.75, 3.05) is 6.61 Å². The van der Waals surface area contributed by atoms with Crippen LogP contribution >= 0.6 is 11.8 Å². The van der Waals surface area contributed by atoms with Gasteiger partial charge in [0.1, 0.15) is 0 Å². The van der Waals surface area contributed by atoms with Crippen molar-refractivity contribution in [2.45, 2.75) is 36.4 Å². The molecular formula is C21H19N3O2S. The molecular weight excluding hydrogens is 358 g/mol. The first-order chi connectivity index (χ1) is 13.2. The summed E-state index contributed by atoms with van der Waals surface area (Å²) in [6.45, 7) is 1.29. The van der Waals surface area contributed by atoms with Gasteiger partial charge in [-0.05, 0) is 42.7 Å². The van der Waals surface area contributed by atoms with E-state index in [2.05, 4.69) is 6.07 Å². The van der Waals surface area contributed by atoms with Crippen LogP contribution in [0.5, 0.6) is 0 Å². The van der Waals surface area contributed by atoms with E-state index in [-0.39, 0.29) is 11.7 Å². The molecule has 2 heterocycles. The fraction of sp³-hybridized carbons (Fsp3) is 0.286. The van der Waals surface area contributed by atoms with E-state index in [0.717, 1.165) is 25.0 Å². The lowest BCUT2D eigenvalue weighted by molar-refractivity contribution is 0.0937. The van der Waals surface area contributed by atoms with E-state index in [1.54, 1.807) is 4.57 Å². The SMILES string of the molecule is N#Cc1ccc(CSc2nc3ccccc3c(=O)n2CC2CCCO2)cc1. The first-order valence-electron chi connectivity index (χ1n) is 8.97. The van der Waals surface area contributed by atoms with Gasteiger partial charge in [-0.15, -0.1) is 0 Å². The molecule has 4 rings (SSSR count). The van der Waals surface area contributed by atoms with Gasteiger partial charge in [0, 0.05) is 12.4 Å². The smallest absolute Gasteiger partial charge is 0.262 e. The Morgan fingerprint density at radius 3 is 2.78 bits per heavy atom. The summed E-state index contributed by atoms with van der Waals surface area (Å²) in [4.78, 5) is 17.8. The molecule has 27 heavy (non-hydrogen) atoms. The Labute approximate surface area is 161 Å². The van der Waals surface area contributed by atoms with E-state index in [1.165, 1.54) is 11.8 Å². The Morgan fingerprint density at radius 1 is 1.22 bits per heavy atom. The number of aromatic nitrogens is 2. The average Bonchev–Trinajstić information content (AvgIpc) is 3.22. The molecule has 1 atom stereocenters. The molecule has 2 aromatic carbocycles. The zero-order valence-electron chi connectivity index (χ0n) is 14.8. The van der Waals surface area contributed by atoms with Crippen LogP contribution in [-0.4, -0.2) is 22.3 Å². The Morgan fingerprint density at radius 2 is 2.04 bits per heavy atom. The highest BCUT2D eigenvalue weighted by molar-refractivity contribution is 7.98. The van der Waals surface area contributed by atoms with Crippen molar-refractivity contribution < 1.29 is 4.74 Å². The minimum Gasteiger partial charge on any atom is -0.376 e. The molecule has 1 aliphatic rings. The molecule has 3 aromatic rings. The number of benzene rings is 2. The second-order valence-corrected chi connectivity index (χ2v) is 7.50. The van der Waals surface area contributed by atoms with Crippen LogP contribution in [0.3, 0.4) is 0 Å². The minimum absolute atomic E-state index is 0.0153. The maximum atomic E-state index is 13.0. The third kappa shape index (κ3) is 3.90. The first-order valence-corrected chi connectivity index (χ1v) is 9.96. The Kier molecular flexibility index (Phi) is 5.23. The summed E-state index contributed by atoms with van der Waals surface area (Å²) in [5.74, 6) is 0.683. The number of hydrogen-bond acceptors (Lipinski definition) is 5. The molecule has 1 saturated heterocycles. The van der Waals surface area contributed by atoms with Gasteiger partial charge >= 0.3 is 0 Å². The van der Waals surface area contributed by atoms with Gasteiger partial charge in [-0.3, -0.25) is 9.36 Å². The van der Waals surface area contributed by atoms with E-state index in [1.807, 2.05) is 48.5 Å². The number of fused-ring (bicyclic) bond motifs is 1. The number of rotatable bonds is 5. The zero-order chi connectivity index (χ0) is 18.6. The number of nitriles is 1. The van der Waals surface area contributed by atoms with Crippen LogP contribution in [0.15, 0.2) is 58.5 Å². The lowest BCUT2D eigenvalue weighted by Crippen LogP contribution is -2.28. The minimum atomic E-state index is -0.0153. The van der Waals surface area contributed by atoms with E-state index in [0.29, 0.717) is 33.9 Å². The third-order valence-corrected chi connectivity index (χ3v) is 5.74. The second-order valence-electron chi connectivity index (χ2n) is 6.56. The van der Waals surface area contributed by atoms with E-state index in [4.69, 9.17) is 15.0 Å². The fourth-order valence-electron chi connectivity index (χ4n) is 3.23. The van der Waals surface area contributed by atoms with Gasteiger partial charge < -0.3 is 4.74 Å². The molecule has 0 amide bonds. The van der Waals surface area contributed by atoms with Crippen molar-refractivity contribution in [1.82, 2.24) is 9.55 Å². The van der Waals surface area contributed by atoms with E-state index >= 15 is 0 Å². The summed E-state index contributed by atoms with van der Waals surface area (Å²) in [5, 5.41) is 10.3. The summed E-state index contributed by atoms with van der Waals surface area (Å²) < 4.78 is 7.50. The van der Waals surface area contributed by atoms with Crippen LogP contribution < -0.4 is 5.56 Å². The van der Waals surface area contributed by atoms with Gasteiger partial charge in [-0.25, -0.2) is 4.98 Å². The Hall–Kier alpha value is -2.62. The first kappa shape index (κ1) is 17.8. The standard InChI is InChI=1S/C21H19N3O2S/c22-12-15-7-9-16(10-8-15)14-27-21-23-19-6-2-1-5-18(19)20(25)24(21)13-17-4-3-11-26-17/h1-2,5-10,17H,3-4,11,13-14H2. The predicted molar refractivity (Wildman–Crippen MR) is 106 cm³/mol. The van der Waals surface area contributed by atoms with Gasteiger partial charge in [0.15, 0.2) is 5.16 Å². The number of thioether (sulfide) groups is 1. The van der Waals surface area contributed by atoms with Crippen molar-refractivity contribution in [1.29, 1.82) is 5.26 Å². The summed E-state index contributed by atoms with van der Waals surface area (Å²) in [5.41, 5.74) is 2.43. The lowest BCUT2D eigenvalue weighted by Gasteiger charge is -2.16. The van der Waals surface area contributed by atoms with Crippen molar-refractivity contribution in [2.24, 2.45) is 0 Å². The molecule has 1 fully saturated rings. The zero-order valence-corrected chi connectivity index (χ0v) is 15.6. The number of para-hydroxylation sites is 1. The van der Waals surface area contributed by atoms with Gasteiger partial charge in [0.2, 0.25) is 0 Å². The largest absolute Gasteiger partial charge is 0.376 e. The summed E-state index contributed by atoms with van der Waals surface area (Å²) >= 11 is 1.54. The van der Waals surface area contributed by atoms with Crippen molar-refractivity contribution in [3.63, 3.8) is 0 Å². The maximum Gasteiger partial charge on any atom is 0.262 e. The van der Waals surface area contributed by atoms with Crippen molar-refractivity contribution >= 4 is 22.7 Å². The summed E-state index contributed by atoms with van der Waals surface area (Å²) in [6, 6.07) is 17.1. The number of hydrogen-bond donors (Lipinski definition) is 0. The molecule has 0 bridgehead atoms. The highest BCUT2D eigenvalue weighted by Gasteiger charge is 2.20. The maximum absolute atomic E-state index is 13.0. The Balaban J connectivity index is 1.66. The molecule has 1 unspecified atom stereocenters. The third-order valence-electron chi connectivity index (χ3n) is 4.69. The predicted octanol–water partition coefficient (Wildman–Crippen LogP) is 3.74. The molecule has 6 heteroatoms. The van der Waals surface area contributed by atoms with Gasteiger partial charge in [0.05, 0.1) is 35.2 Å². The van der Waals surface area contributed by atoms with Gasteiger partial charge in [-0.2, -0.15) is 5.26 Å². The molecule has 0 spiro atoms. The monoisotopic (exact) mass is 377 g/mol. The number of nitrogens with zero attached hydrogens (tertiary/aromatic N) is 3. The van der Waals surface area contributed by atoms with E-state index < -0.39 is 0 Å². The lowest BCUT2D eigenvalue weighted by atomic mass is 10.2. The molecule has 136 valence electrons.